The minimum Gasteiger partial charge on any atom is -0.477 e. The zero-order valence-corrected chi connectivity index (χ0v) is 24.9. The highest BCUT2D eigenvalue weighted by Gasteiger charge is 2.20. The van der Waals surface area contributed by atoms with Crippen LogP contribution in [-0.2, 0) is 14.3 Å². The maximum atomic E-state index is 11.1. The number of nitrogens with two attached hydrogens (primary N) is 1. The summed E-state index contributed by atoms with van der Waals surface area (Å²) < 4.78 is 17.5. The number of aliphatic imine (C=N–C) groups is 2. The predicted octanol–water partition coefficient (Wildman–Crippen LogP) is 4.74. The van der Waals surface area contributed by atoms with Crippen LogP contribution in [0.5, 0.6) is 5.88 Å². The Morgan fingerprint density at radius 2 is 1.92 bits per heavy atom. The number of aldehydes is 1. The molecule has 2 N–H and O–H groups in total. The van der Waals surface area contributed by atoms with Gasteiger partial charge in [0.15, 0.2) is 5.84 Å². The van der Waals surface area contributed by atoms with Crippen LogP contribution in [0.2, 0.25) is 0 Å². The molecular formula is C29H43N5O4S. The van der Waals surface area contributed by atoms with E-state index >= 15 is 0 Å². The summed E-state index contributed by atoms with van der Waals surface area (Å²) in [5, 5.41) is 0. The lowest BCUT2D eigenvalue weighted by Crippen LogP contribution is -2.23. The largest absolute Gasteiger partial charge is 0.477 e. The van der Waals surface area contributed by atoms with Crippen molar-refractivity contribution in [1.29, 1.82) is 0 Å². The third-order valence-electron chi connectivity index (χ3n) is 6.26. The number of rotatable bonds is 12. The van der Waals surface area contributed by atoms with Gasteiger partial charge in [0.1, 0.15) is 31.4 Å². The molecule has 2 heterocycles. The smallest absolute Gasteiger partial charge is 0.316 e. The molecule has 39 heavy (non-hydrogen) atoms. The lowest BCUT2D eigenvalue weighted by molar-refractivity contribution is -0.116. The van der Waals surface area contributed by atoms with Crippen molar-refractivity contribution in [1.82, 2.24) is 9.97 Å². The molecule has 1 aliphatic rings. The Morgan fingerprint density at radius 1 is 1.18 bits per heavy atom. The fraction of sp³-hybridized carbons (Fsp3) is 0.552. The summed E-state index contributed by atoms with van der Waals surface area (Å²) in [6.07, 6.45) is 15.5. The molecule has 0 bridgehead atoms. The van der Waals surface area contributed by atoms with E-state index in [1.54, 1.807) is 12.4 Å². The molecular weight excluding hydrogens is 514 g/mol. The molecule has 0 aromatic carbocycles. The first-order valence-electron chi connectivity index (χ1n) is 13.3. The molecule has 0 atom stereocenters. The standard InChI is InChI=1S/C29H43N5O4S/c1-21-15-26(37-19-29(2,3)18-35)32-17-24(21)22-11-12-25(31-16-22)27(30)34-28(38-23-9-7-8-10-23)33-20-36-13-14-39(4,5)6/h11-12,15-18,23H,7-10,13-14,19-20H2,1-6H3,(H2,30,33,34). The van der Waals surface area contributed by atoms with Crippen LogP contribution in [0.25, 0.3) is 11.1 Å². The van der Waals surface area contributed by atoms with E-state index in [2.05, 4.69) is 38.7 Å². The SMILES string of the molecule is Cc1cc(OCC(C)(C)C=O)ncc1-c1ccc(C(N)=NC(=NCOCCS(C)(C)C)OC2CCCC2)nc1. The molecule has 0 saturated heterocycles. The zero-order valence-electron chi connectivity index (χ0n) is 24.1. The van der Waals surface area contributed by atoms with Crippen molar-refractivity contribution in [2.45, 2.75) is 52.6 Å². The highest BCUT2D eigenvalue weighted by atomic mass is 32.3. The van der Waals surface area contributed by atoms with Crippen molar-refractivity contribution in [3.8, 4) is 17.0 Å². The number of hydrogen-bond acceptors (Lipinski definition) is 7. The first kappa shape index (κ1) is 30.6. The second-order valence-electron chi connectivity index (χ2n) is 11.5. The maximum Gasteiger partial charge on any atom is 0.316 e. The number of aromatic nitrogens is 2. The Balaban J connectivity index is 1.69. The topological polar surface area (TPSA) is 121 Å². The van der Waals surface area contributed by atoms with E-state index in [9.17, 15) is 4.79 Å². The van der Waals surface area contributed by atoms with Gasteiger partial charge in [0, 0.05) is 35.3 Å². The molecule has 0 amide bonds. The van der Waals surface area contributed by atoms with Crippen LogP contribution in [0.4, 0.5) is 0 Å². The Kier molecular flexibility index (Phi) is 10.9. The molecule has 0 spiro atoms. The number of ether oxygens (including phenoxy) is 3. The number of aryl methyl sites for hydroxylation is 1. The van der Waals surface area contributed by atoms with Gasteiger partial charge >= 0.3 is 6.02 Å². The summed E-state index contributed by atoms with van der Waals surface area (Å²) in [6, 6.07) is 5.84. The Bertz CT molecular complexity index is 1150. The van der Waals surface area contributed by atoms with Crippen LogP contribution in [0.1, 0.15) is 50.8 Å². The molecule has 0 radical (unpaired) electrons. The van der Waals surface area contributed by atoms with Gasteiger partial charge in [0.05, 0.1) is 12.0 Å². The van der Waals surface area contributed by atoms with Gasteiger partial charge in [-0.3, -0.25) is 4.98 Å². The summed E-state index contributed by atoms with van der Waals surface area (Å²) >= 11 is 0. The molecule has 3 rings (SSSR count). The van der Waals surface area contributed by atoms with Gasteiger partial charge in [-0.1, -0.05) is 6.07 Å². The summed E-state index contributed by atoms with van der Waals surface area (Å²) in [4.78, 5) is 29.0. The lowest BCUT2D eigenvalue weighted by atomic mass is 9.98. The Hall–Kier alpha value is -2.98. The monoisotopic (exact) mass is 557 g/mol. The minimum absolute atomic E-state index is 0.0987. The van der Waals surface area contributed by atoms with Gasteiger partial charge in [-0.25, -0.2) is 20.0 Å². The Labute approximate surface area is 234 Å². The highest BCUT2D eigenvalue weighted by molar-refractivity contribution is 8.32. The van der Waals surface area contributed by atoms with E-state index in [1.165, 1.54) is 0 Å². The molecule has 1 aliphatic carbocycles. The van der Waals surface area contributed by atoms with Crippen molar-refractivity contribution >= 4 is 28.2 Å². The molecule has 10 heteroatoms. The molecule has 2 aromatic rings. The normalized spacial score (nSPS) is 15.8. The number of pyridine rings is 2. The third-order valence-corrected chi connectivity index (χ3v) is 7.65. The van der Waals surface area contributed by atoms with Crippen LogP contribution in [0, 0.1) is 12.3 Å². The quantitative estimate of drug-likeness (QED) is 0.173. The summed E-state index contributed by atoms with van der Waals surface area (Å²) in [5.41, 5.74) is 9.07. The van der Waals surface area contributed by atoms with Crippen LogP contribution < -0.4 is 10.5 Å². The van der Waals surface area contributed by atoms with Gasteiger partial charge in [-0.2, -0.15) is 4.99 Å². The van der Waals surface area contributed by atoms with Crippen molar-refractivity contribution in [3.05, 3.63) is 41.9 Å². The minimum atomic E-state index is -0.619. The average molecular weight is 558 g/mol. The van der Waals surface area contributed by atoms with Gasteiger partial charge in [0.2, 0.25) is 5.88 Å². The first-order valence-corrected chi connectivity index (χ1v) is 16.3. The number of hydrogen-bond donors (Lipinski definition) is 1. The van der Waals surface area contributed by atoms with Gasteiger partial charge in [-0.15, -0.1) is 0 Å². The predicted molar refractivity (Wildman–Crippen MR) is 160 cm³/mol. The van der Waals surface area contributed by atoms with E-state index in [1.807, 2.05) is 39.0 Å². The number of carbonyl (C=O) groups excluding carboxylic acids is 1. The van der Waals surface area contributed by atoms with Gasteiger partial charge < -0.3 is 24.7 Å². The van der Waals surface area contributed by atoms with Crippen LogP contribution in [-0.4, -0.2) is 78.7 Å². The van der Waals surface area contributed by atoms with Crippen LogP contribution in [0.3, 0.4) is 0 Å². The molecule has 214 valence electrons. The van der Waals surface area contributed by atoms with Crippen molar-refractivity contribution < 1.29 is 19.0 Å². The molecule has 0 unspecified atom stereocenters. The molecule has 2 aromatic heterocycles. The molecule has 0 aliphatic heterocycles. The summed E-state index contributed by atoms with van der Waals surface area (Å²) in [7, 11) is -0.619. The van der Waals surface area contributed by atoms with Crippen molar-refractivity contribution in [3.63, 3.8) is 0 Å². The van der Waals surface area contributed by atoms with Crippen molar-refractivity contribution in [2.75, 3.05) is 44.5 Å². The van der Waals surface area contributed by atoms with Crippen molar-refractivity contribution in [2.24, 2.45) is 21.1 Å². The van der Waals surface area contributed by atoms with Gasteiger partial charge in [0.25, 0.3) is 0 Å². The molecule has 1 fully saturated rings. The maximum absolute atomic E-state index is 11.1. The average Bonchev–Trinajstić information content (AvgIpc) is 3.40. The number of amidine groups is 2. The fourth-order valence-corrected chi connectivity index (χ4v) is 4.42. The van der Waals surface area contributed by atoms with Gasteiger partial charge in [-0.05, 0) is 76.9 Å². The van der Waals surface area contributed by atoms with E-state index in [0.29, 0.717) is 18.2 Å². The highest BCUT2D eigenvalue weighted by Crippen LogP contribution is 2.33. The summed E-state index contributed by atoms with van der Waals surface area (Å²) in [5.74, 6) is 1.73. The Morgan fingerprint density at radius 3 is 2.54 bits per heavy atom. The number of carbonyl (C=O) groups is 1. The first-order chi connectivity index (χ1) is 18.5. The number of nitrogens with zero attached hydrogens (tertiary/aromatic N) is 4. The zero-order chi connectivity index (χ0) is 28.5. The van der Waals surface area contributed by atoms with E-state index < -0.39 is 15.4 Å². The lowest BCUT2D eigenvalue weighted by Gasteiger charge is -2.24. The van der Waals surface area contributed by atoms with Crippen LogP contribution in [0.15, 0.2) is 40.6 Å². The third kappa shape index (κ3) is 10.3. The van der Waals surface area contributed by atoms with Crippen LogP contribution >= 0.6 is 10.0 Å². The van der Waals surface area contributed by atoms with E-state index in [-0.39, 0.29) is 31.3 Å². The van der Waals surface area contributed by atoms with E-state index in [4.69, 9.17) is 19.9 Å². The second kappa shape index (κ2) is 13.9. The second-order valence-corrected chi connectivity index (χ2v) is 16.0. The fourth-order valence-electron chi connectivity index (χ4n) is 3.80. The molecule has 9 nitrogen and oxygen atoms in total. The molecule has 1 saturated carbocycles. The van der Waals surface area contributed by atoms with E-state index in [0.717, 1.165) is 54.4 Å². The summed E-state index contributed by atoms with van der Waals surface area (Å²) in [6.45, 7) is 6.71.